The van der Waals surface area contributed by atoms with Gasteiger partial charge in [0.2, 0.25) is 5.95 Å². The molecule has 0 aromatic carbocycles. The van der Waals surface area contributed by atoms with Gasteiger partial charge in [0.25, 0.3) is 0 Å². The lowest BCUT2D eigenvalue weighted by Gasteiger charge is -2.33. The number of imidazole rings is 1. The molecule has 4 aromatic heterocycles. The summed E-state index contributed by atoms with van der Waals surface area (Å²) in [5.41, 5.74) is 1.65. The number of rotatable bonds is 2. The molecule has 4 aromatic rings. The zero-order valence-corrected chi connectivity index (χ0v) is 14.4. The van der Waals surface area contributed by atoms with Gasteiger partial charge in [0.05, 0.1) is 23.2 Å². The lowest BCUT2D eigenvalue weighted by Crippen LogP contribution is -2.37. The normalized spacial score (nSPS) is 17.1. The molecule has 1 aliphatic rings. The maximum Gasteiger partial charge on any atom is 0.433 e. The van der Waals surface area contributed by atoms with Crippen molar-refractivity contribution in [3.8, 4) is 0 Å². The number of halogens is 3. The number of aromatic amines is 1. The third-order valence-corrected chi connectivity index (χ3v) is 4.81. The van der Waals surface area contributed by atoms with E-state index in [-0.39, 0.29) is 0 Å². The van der Waals surface area contributed by atoms with Crippen LogP contribution in [-0.4, -0.2) is 36.1 Å². The van der Waals surface area contributed by atoms with Crippen molar-refractivity contribution in [1.29, 1.82) is 0 Å². The maximum absolute atomic E-state index is 13.4. The van der Waals surface area contributed by atoms with Gasteiger partial charge >= 0.3 is 6.18 Å². The highest BCUT2D eigenvalue weighted by molar-refractivity contribution is 5.53. The molecule has 142 valence electrons. The van der Waals surface area contributed by atoms with E-state index >= 15 is 0 Å². The largest absolute Gasteiger partial charge is 0.433 e. The minimum absolute atomic E-state index is 0.362. The van der Waals surface area contributed by atoms with Crippen LogP contribution in [0.15, 0.2) is 49.1 Å². The molecule has 0 amide bonds. The van der Waals surface area contributed by atoms with Crippen molar-refractivity contribution in [1.82, 2.24) is 29.5 Å². The summed E-state index contributed by atoms with van der Waals surface area (Å²) in [6, 6.07) is 6.87. The molecule has 0 aliphatic carbocycles. The molecule has 0 radical (unpaired) electrons. The Hall–Kier alpha value is -3.43. The molecule has 28 heavy (non-hydrogen) atoms. The maximum atomic E-state index is 13.4. The Morgan fingerprint density at radius 1 is 1.07 bits per heavy atom. The number of H-pyrrole nitrogens is 1. The van der Waals surface area contributed by atoms with Crippen molar-refractivity contribution < 1.29 is 13.2 Å². The van der Waals surface area contributed by atoms with Gasteiger partial charge in [-0.2, -0.15) is 18.3 Å². The number of nitrogens with one attached hydrogen (secondary N) is 1. The standard InChI is InChI=1S/C18H14F3N7/c19-18(20,21)14-4-1-3-11-9-13(26-28(11)14)16-15-12(24-10-25-15)5-8-27(16)17-22-6-2-7-23-17/h1-4,6-7,9-10,16H,5,8H2,(H,24,25)/t16-/m0/s1. The molecule has 0 fully saturated rings. The Morgan fingerprint density at radius 2 is 1.89 bits per heavy atom. The highest BCUT2D eigenvalue weighted by atomic mass is 19.4. The minimum atomic E-state index is -4.50. The number of hydrogen-bond donors (Lipinski definition) is 1. The smallest absolute Gasteiger partial charge is 0.348 e. The molecular formula is C18H14F3N7. The first-order valence-electron chi connectivity index (χ1n) is 8.64. The van der Waals surface area contributed by atoms with E-state index in [4.69, 9.17) is 0 Å². The van der Waals surface area contributed by atoms with Crippen LogP contribution in [0.25, 0.3) is 5.52 Å². The van der Waals surface area contributed by atoms with Crippen molar-refractivity contribution in [2.75, 3.05) is 11.4 Å². The number of alkyl halides is 3. The second kappa shape index (κ2) is 6.04. The predicted molar refractivity (Wildman–Crippen MR) is 93.7 cm³/mol. The molecule has 0 unspecified atom stereocenters. The molecule has 0 bridgehead atoms. The fourth-order valence-electron chi connectivity index (χ4n) is 3.61. The zero-order chi connectivity index (χ0) is 19.3. The topological polar surface area (TPSA) is 75.0 Å². The summed E-state index contributed by atoms with van der Waals surface area (Å²) in [5.74, 6) is 0.481. The quantitative estimate of drug-likeness (QED) is 0.574. The molecule has 0 saturated heterocycles. The molecule has 5 heterocycles. The SMILES string of the molecule is FC(F)(F)c1cccc2cc([C@H]3c4nc[nH]c4CCN3c3ncccn3)nn12. The van der Waals surface area contributed by atoms with Gasteiger partial charge in [-0.05, 0) is 24.3 Å². The van der Waals surface area contributed by atoms with Crippen LogP contribution in [0.1, 0.15) is 28.8 Å². The Balaban J connectivity index is 1.69. The lowest BCUT2D eigenvalue weighted by atomic mass is 10.0. The fraction of sp³-hybridized carbons (Fsp3) is 0.222. The average molecular weight is 385 g/mol. The van der Waals surface area contributed by atoms with E-state index in [0.717, 1.165) is 22.0 Å². The van der Waals surface area contributed by atoms with E-state index in [0.29, 0.717) is 30.1 Å². The van der Waals surface area contributed by atoms with Gasteiger partial charge < -0.3 is 9.88 Å². The van der Waals surface area contributed by atoms with Crippen LogP contribution in [0.2, 0.25) is 0 Å². The van der Waals surface area contributed by atoms with Crippen molar-refractivity contribution in [3.05, 3.63) is 71.8 Å². The Morgan fingerprint density at radius 3 is 2.68 bits per heavy atom. The Bertz CT molecular complexity index is 1130. The first kappa shape index (κ1) is 16.7. The molecule has 10 heteroatoms. The third kappa shape index (κ3) is 2.60. The van der Waals surface area contributed by atoms with Gasteiger partial charge in [-0.25, -0.2) is 19.5 Å². The van der Waals surface area contributed by atoms with E-state index in [9.17, 15) is 13.2 Å². The van der Waals surface area contributed by atoms with Gasteiger partial charge in [-0.1, -0.05) is 6.07 Å². The Labute approximate surface area is 156 Å². The van der Waals surface area contributed by atoms with E-state index < -0.39 is 17.9 Å². The van der Waals surface area contributed by atoms with E-state index in [1.165, 1.54) is 6.07 Å². The first-order chi connectivity index (χ1) is 13.5. The molecule has 1 aliphatic heterocycles. The second-order valence-electron chi connectivity index (χ2n) is 6.48. The highest BCUT2D eigenvalue weighted by Gasteiger charge is 2.37. The van der Waals surface area contributed by atoms with Crippen LogP contribution in [0, 0.1) is 0 Å². The van der Waals surface area contributed by atoms with Crippen LogP contribution in [0.4, 0.5) is 19.1 Å². The molecule has 0 spiro atoms. The number of hydrogen-bond acceptors (Lipinski definition) is 5. The lowest BCUT2D eigenvalue weighted by molar-refractivity contribution is -0.142. The first-order valence-corrected chi connectivity index (χ1v) is 8.64. The van der Waals surface area contributed by atoms with Crippen LogP contribution < -0.4 is 4.90 Å². The molecule has 1 atom stereocenters. The van der Waals surface area contributed by atoms with Crippen LogP contribution in [0.5, 0.6) is 0 Å². The third-order valence-electron chi connectivity index (χ3n) is 4.81. The second-order valence-corrected chi connectivity index (χ2v) is 6.48. The van der Waals surface area contributed by atoms with Crippen LogP contribution in [0.3, 0.4) is 0 Å². The minimum Gasteiger partial charge on any atom is -0.348 e. The number of pyridine rings is 1. The average Bonchev–Trinajstić information content (AvgIpc) is 3.33. The highest BCUT2D eigenvalue weighted by Crippen LogP contribution is 2.36. The molecule has 7 nitrogen and oxygen atoms in total. The molecule has 0 saturated carbocycles. The van der Waals surface area contributed by atoms with E-state index in [1.54, 1.807) is 36.9 Å². The summed E-state index contributed by atoms with van der Waals surface area (Å²) in [6.07, 6.45) is 1.04. The van der Waals surface area contributed by atoms with Crippen LogP contribution >= 0.6 is 0 Å². The number of aromatic nitrogens is 6. The summed E-state index contributed by atoms with van der Waals surface area (Å²) < 4.78 is 41.1. The molecule has 5 rings (SSSR count). The number of anilines is 1. The summed E-state index contributed by atoms with van der Waals surface area (Å²) in [4.78, 5) is 18.0. The fourth-order valence-corrected chi connectivity index (χ4v) is 3.61. The number of nitrogens with zero attached hydrogens (tertiary/aromatic N) is 6. The number of fused-ring (bicyclic) bond motifs is 2. The van der Waals surface area contributed by atoms with E-state index in [1.807, 2.05) is 4.90 Å². The van der Waals surface area contributed by atoms with Gasteiger partial charge in [0, 0.05) is 31.1 Å². The van der Waals surface area contributed by atoms with Crippen LogP contribution in [-0.2, 0) is 12.6 Å². The Kier molecular flexibility index (Phi) is 3.61. The summed E-state index contributed by atoms with van der Waals surface area (Å²) in [5, 5.41) is 4.30. The van der Waals surface area contributed by atoms with Crippen molar-refractivity contribution in [2.45, 2.75) is 18.6 Å². The summed E-state index contributed by atoms with van der Waals surface area (Å²) >= 11 is 0. The summed E-state index contributed by atoms with van der Waals surface area (Å²) in [6.45, 7) is 0.587. The van der Waals surface area contributed by atoms with E-state index in [2.05, 4.69) is 25.0 Å². The van der Waals surface area contributed by atoms with Crippen molar-refractivity contribution >= 4 is 11.5 Å². The van der Waals surface area contributed by atoms with Crippen molar-refractivity contribution in [2.24, 2.45) is 0 Å². The zero-order valence-electron chi connectivity index (χ0n) is 14.4. The summed E-state index contributed by atoms with van der Waals surface area (Å²) in [7, 11) is 0. The van der Waals surface area contributed by atoms with Crippen molar-refractivity contribution in [3.63, 3.8) is 0 Å². The predicted octanol–water partition coefficient (Wildman–Crippen LogP) is 3.02. The molecular weight excluding hydrogens is 371 g/mol. The monoisotopic (exact) mass is 385 g/mol. The van der Waals surface area contributed by atoms with Gasteiger partial charge in [-0.3, -0.25) is 0 Å². The van der Waals surface area contributed by atoms with Gasteiger partial charge in [-0.15, -0.1) is 0 Å². The van der Waals surface area contributed by atoms with Gasteiger partial charge in [0.1, 0.15) is 11.7 Å². The molecule has 1 N–H and O–H groups in total. The van der Waals surface area contributed by atoms with Gasteiger partial charge in [0.15, 0.2) is 0 Å².